The van der Waals surface area contributed by atoms with Crippen LogP contribution in [-0.2, 0) is 11.2 Å². The Hall–Kier alpha value is -2.11. The molecule has 1 atom stereocenters. The van der Waals surface area contributed by atoms with Gasteiger partial charge in [-0.1, -0.05) is 13.8 Å². The number of amides is 1. The minimum atomic E-state index is -1.05. The minimum Gasteiger partial charge on any atom is -0.492 e. The van der Waals surface area contributed by atoms with Crippen LogP contribution in [0.4, 0.5) is 0 Å². The van der Waals surface area contributed by atoms with Gasteiger partial charge in [0.1, 0.15) is 17.5 Å². The van der Waals surface area contributed by atoms with Crippen LogP contribution in [0.5, 0.6) is 5.75 Å². The van der Waals surface area contributed by atoms with Gasteiger partial charge in [-0.25, -0.2) is 9.78 Å². The quantitative estimate of drug-likeness (QED) is 0.865. The smallest absolute Gasteiger partial charge is 0.326 e. The zero-order valence-electron chi connectivity index (χ0n) is 11.5. The molecule has 0 saturated heterocycles. The molecule has 108 valence electrons. The highest BCUT2D eigenvalue weighted by Crippen LogP contribution is 2.24. The largest absolute Gasteiger partial charge is 0.492 e. The molecule has 2 N–H and O–H groups in total. The number of carboxylic acid groups (broad SMARTS) is 1. The van der Waals surface area contributed by atoms with Crippen molar-refractivity contribution < 1.29 is 19.4 Å². The molecule has 1 aliphatic rings. The Kier molecular flexibility index (Phi) is 4.22. The van der Waals surface area contributed by atoms with Crippen LogP contribution in [0.15, 0.2) is 12.3 Å². The fourth-order valence-corrected chi connectivity index (χ4v) is 2.11. The Morgan fingerprint density at radius 2 is 2.20 bits per heavy atom. The van der Waals surface area contributed by atoms with Crippen LogP contribution < -0.4 is 10.1 Å². The number of aryl methyl sites for hydroxylation is 1. The maximum Gasteiger partial charge on any atom is 0.326 e. The van der Waals surface area contributed by atoms with E-state index >= 15 is 0 Å². The molecule has 0 bridgehead atoms. The molecule has 6 heteroatoms. The number of ether oxygens (including phenoxy) is 1. The van der Waals surface area contributed by atoms with Crippen molar-refractivity contribution in [2.75, 3.05) is 6.61 Å². The first-order valence-corrected chi connectivity index (χ1v) is 6.64. The Bertz CT molecular complexity index is 528. The van der Waals surface area contributed by atoms with Gasteiger partial charge >= 0.3 is 5.97 Å². The highest BCUT2D eigenvalue weighted by Gasteiger charge is 2.25. The molecule has 0 spiro atoms. The van der Waals surface area contributed by atoms with Crippen LogP contribution in [0.2, 0.25) is 0 Å². The molecule has 1 aromatic heterocycles. The summed E-state index contributed by atoms with van der Waals surface area (Å²) in [5.74, 6) is -1.02. The highest BCUT2D eigenvalue weighted by atomic mass is 16.5. The lowest BCUT2D eigenvalue weighted by Crippen LogP contribution is -2.44. The molecule has 0 aliphatic carbocycles. The number of hydrogen-bond donors (Lipinski definition) is 2. The van der Waals surface area contributed by atoms with E-state index in [0.29, 0.717) is 12.4 Å². The fraction of sp³-hybridized carbons (Fsp3) is 0.500. The first-order valence-electron chi connectivity index (χ1n) is 6.64. The molecular formula is C14H18N2O4. The molecular weight excluding hydrogens is 260 g/mol. The maximum absolute atomic E-state index is 12.1. The van der Waals surface area contributed by atoms with Gasteiger partial charge in [-0.15, -0.1) is 0 Å². The van der Waals surface area contributed by atoms with Crippen molar-refractivity contribution in [3.05, 3.63) is 23.5 Å². The lowest BCUT2D eigenvalue weighted by molar-refractivity contribution is -0.140. The van der Waals surface area contributed by atoms with Crippen LogP contribution in [-0.4, -0.2) is 34.6 Å². The first kappa shape index (κ1) is 14.3. The number of carbonyl (C=O) groups excluding carboxylic acids is 1. The predicted molar refractivity (Wildman–Crippen MR) is 71.8 cm³/mol. The molecule has 6 nitrogen and oxygen atoms in total. The van der Waals surface area contributed by atoms with E-state index in [2.05, 4.69) is 10.3 Å². The molecule has 20 heavy (non-hydrogen) atoms. The van der Waals surface area contributed by atoms with Crippen molar-refractivity contribution in [1.82, 2.24) is 10.3 Å². The van der Waals surface area contributed by atoms with Crippen LogP contribution in [0.25, 0.3) is 0 Å². The molecule has 0 aromatic carbocycles. The second-order valence-corrected chi connectivity index (χ2v) is 5.16. The van der Waals surface area contributed by atoms with Crippen molar-refractivity contribution in [2.45, 2.75) is 32.7 Å². The summed E-state index contributed by atoms with van der Waals surface area (Å²) in [5, 5.41) is 11.6. The topological polar surface area (TPSA) is 88.5 Å². The van der Waals surface area contributed by atoms with E-state index in [-0.39, 0.29) is 11.6 Å². The molecule has 1 amide bonds. The van der Waals surface area contributed by atoms with Crippen molar-refractivity contribution in [1.29, 1.82) is 0 Å². The van der Waals surface area contributed by atoms with E-state index in [9.17, 15) is 9.59 Å². The summed E-state index contributed by atoms with van der Waals surface area (Å²) < 4.78 is 5.43. The minimum absolute atomic E-state index is 0.197. The van der Waals surface area contributed by atoms with Crippen LogP contribution in [0, 0.1) is 5.92 Å². The summed E-state index contributed by atoms with van der Waals surface area (Å²) >= 11 is 0. The lowest BCUT2D eigenvalue weighted by atomic mass is 10.0. The van der Waals surface area contributed by atoms with Crippen molar-refractivity contribution >= 4 is 11.9 Å². The molecule has 0 fully saturated rings. The fourth-order valence-electron chi connectivity index (χ4n) is 2.11. The zero-order valence-corrected chi connectivity index (χ0v) is 11.5. The summed E-state index contributed by atoms with van der Waals surface area (Å²) in [6, 6.07) is 0.750. The Labute approximate surface area is 117 Å². The lowest BCUT2D eigenvalue weighted by Gasteiger charge is -2.19. The number of aliphatic carboxylic acids is 1. The molecule has 0 unspecified atom stereocenters. The summed E-state index contributed by atoms with van der Waals surface area (Å²) in [6.07, 6.45) is 3.26. The first-order chi connectivity index (χ1) is 9.49. The average Bonchev–Trinajstić information content (AvgIpc) is 2.43. The maximum atomic E-state index is 12.1. The average molecular weight is 278 g/mol. The Morgan fingerprint density at radius 1 is 1.45 bits per heavy atom. The van der Waals surface area contributed by atoms with E-state index in [4.69, 9.17) is 9.84 Å². The SMILES string of the molecule is CC(C)[C@H](NC(=O)c1cc2c(cn1)OCCC2)C(=O)O. The number of rotatable bonds is 4. The number of carboxylic acids is 1. The molecule has 1 aromatic rings. The van der Waals surface area contributed by atoms with E-state index < -0.39 is 17.9 Å². The van der Waals surface area contributed by atoms with Gasteiger partial charge in [-0.05, 0) is 30.4 Å². The second-order valence-electron chi connectivity index (χ2n) is 5.16. The second kappa shape index (κ2) is 5.90. The third kappa shape index (κ3) is 3.07. The van der Waals surface area contributed by atoms with Gasteiger partial charge in [-0.3, -0.25) is 4.79 Å². The number of pyridine rings is 1. The van der Waals surface area contributed by atoms with E-state index in [1.54, 1.807) is 19.9 Å². The standard InChI is InChI=1S/C14H18N2O4/c1-8(2)12(14(18)19)16-13(17)10-6-9-4-3-5-20-11(9)7-15-10/h6-8,12H,3-5H2,1-2H3,(H,16,17)(H,18,19)/t12-/m0/s1. The third-order valence-corrected chi connectivity index (χ3v) is 3.25. The summed E-state index contributed by atoms with van der Waals surface area (Å²) in [7, 11) is 0. The van der Waals surface area contributed by atoms with Crippen molar-refractivity contribution in [3.8, 4) is 5.75 Å². The van der Waals surface area contributed by atoms with E-state index in [1.807, 2.05) is 0 Å². The Balaban J connectivity index is 2.15. The Morgan fingerprint density at radius 3 is 2.85 bits per heavy atom. The van der Waals surface area contributed by atoms with E-state index in [1.165, 1.54) is 6.20 Å². The molecule has 1 aliphatic heterocycles. The zero-order chi connectivity index (χ0) is 14.7. The van der Waals surface area contributed by atoms with Gasteiger partial charge in [0.25, 0.3) is 5.91 Å². The number of carbonyl (C=O) groups is 2. The predicted octanol–water partition coefficient (Wildman–Crippen LogP) is 1.25. The molecule has 2 rings (SSSR count). The number of fused-ring (bicyclic) bond motifs is 1. The number of nitrogens with one attached hydrogen (secondary N) is 1. The summed E-state index contributed by atoms with van der Waals surface area (Å²) in [4.78, 5) is 27.2. The molecule has 0 radical (unpaired) electrons. The van der Waals surface area contributed by atoms with Gasteiger partial charge in [0.05, 0.1) is 12.8 Å². The summed E-state index contributed by atoms with van der Waals surface area (Å²) in [6.45, 7) is 4.15. The molecule has 2 heterocycles. The number of nitrogens with zero attached hydrogens (tertiary/aromatic N) is 1. The van der Waals surface area contributed by atoms with Crippen molar-refractivity contribution in [3.63, 3.8) is 0 Å². The summed E-state index contributed by atoms with van der Waals surface area (Å²) in [5.41, 5.74) is 1.16. The van der Waals surface area contributed by atoms with Gasteiger partial charge in [0.15, 0.2) is 0 Å². The van der Waals surface area contributed by atoms with Crippen molar-refractivity contribution in [2.24, 2.45) is 5.92 Å². The van der Waals surface area contributed by atoms with Crippen LogP contribution >= 0.6 is 0 Å². The molecule has 0 saturated carbocycles. The highest BCUT2D eigenvalue weighted by molar-refractivity contribution is 5.95. The van der Waals surface area contributed by atoms with Gasteiger partial charge in [-0.2, -0.15) is 0 Å². The van der Waals surface area contributed by atoms with Crippen LogP contribution in [0.1, 0.15) is 36.3 Å². The monoisotopic (exact) mass is 278 g/mol. The third-order valence-electron chi connectivity index (χ3n) is 3.25. The normalized spacial score (nSPS) is 15.2. The van der Waals surface area contributed by atoms with E-state index in [0.717, 1.165) is 18.4 Å². The van der Waals surface area contributed by atoms with Gasteiger partial charge < -0.3 is 15.2 Å². The number of hydrogen-bond acceptors (Lipinski definition) is 4. The van der Waals surface area contributed by atoms with Crippen LogP contribution in [0.3, 0.4) is 0 Å². The van der Waals surface area contributed by atoms with Gasteiger partial charge in [0, 0.05) is 0 Å². The van der Waals surface area contributed by atoms with Gasteiger partial charge in [0.2, 0.25) is 0 Å². The number of aromatic nitrogens is 1.